The fraction of sp³-hybridized carbons (Fsp3) is 0.333. The summed E-state index contributed by atoms with van der Waals surface area (Å²) in [6.45, 7) is 1.87. The molecule has 4 heterocycles. The number of hydrogen-bond acceptors (Lipinski definition) is 11. The first-order valence-corrected chi connectivity index (χ1v) is 11.2. The van der Waals surface area contributed by atoms with Gasteiger partial charge in [-0.15, -0.1) is 0 Å². The number of oxazole rings is 1. The standard InChI is InChI=1S/C24H22N4O8/c1-31-18-11-15(12-19-21(18)34-10-9-33-19)24(30)35-14-20(29)27-4-6-28(7-5-27)23-16(13-25)26-22(36-23)17-3-2-8-32-17/h2-3,8,11-12H,4-7,9-10,14H2,1H3. The summed E-state index contributed by atoms with van der Waals surface area (Å²) in [6.07, 6.45) is 1.49. The topological polar surface area (TPSA) is 140 Å². The number of amides is 1. The molecule has 1 aromatic carbocycles. The van der Waals surface area contributed by atoms with Crippen molar-refractivity contribution in [3.05, 3.63) is 41.8 Å². The van der Waals surface area contributed by atoms with Gasteiger partial charge < -0.3 is 37.6 Å². The Kier molecular flexibility index (Phi) is 6.36. The lowest BCUT2D eigenvalue weighted by atomic mass is 10.1. The molecule has 2 aliphatic heterocycles. The molecule has 0 aliphatic carbocycles. The predicted octanol–water partition coefficient (Wildman–Crippen LogP) is 2.09. The van der Waals surface area contributed by atoms with E-state index in [1.807, 2.05) is 11.0 Å². The molecule has 1 saturated heterocycles. The Bertz CT molecular complexity index is 1290. The summed E-state index contributed by atoms with van der Waals surface area (Å²) in [7, 11) is 1.46. The van der Waals surface area contributed by atoms with E-state index in [1.54, 1.807) is 17.0 Å². The van der Waals surface area contributed by atoms with Gasteiger partial charge in [-0.25, -0.2) is 4.79 Å². The molecule has 0 spiro atoms. The zero-order valence-corrected chi connectivity index (χ0v) is 19.4. The Morgan fingerprint density at radius 1 is 1.17 bits per heavy atom. The molecule has 5 rings (SSSR count). The van der Waals surface area contributed by atoms with Gasteiger partial charge in [0, 0.05) is 26.2 Å². The van der Waals surface area contributed by atoms with Gasteiger partial charge in [-0.3, -0.25) is 4.79 Å². The second kappa shape index (κ2) is 9.91. The van der Waals surface area contributed by atoms with Gasteiger partial charge in [0.25, 0.3) is 11.8 Å². The number of nitrogens with zero attached hydrogens (tertiary/aromatic N) is 4. The number of ether oxygens (including phenoxy) is 4. The normalized spacial score (nSPS) is 14.8. The lowest BCUT2D eigenvalue weighted by Crippen LogP contribution is -2.50. The molecule has 36 heavy (non-hydrogen) atoms. The van der Waals surface area contributed by atoms with Crippen LogP contribution >= 0.6 is 0 Å². The Balaban J connectivity index is 1.17. The monoisotopic (exact) mass is 494 g/mol. The molecule has 2 aliphatic rings. The highest BCUT2D eigenvalue weighted by atomic mass is 16.6. The number of aromatic nitrogens is 1. The van der Waals surface area contributed by atoms with Crippen LogP contribution in [0.3, 0.4) is 0 Å². The van der Waals surface area contributed by atoms with Crippen LogP contribution in [0.4, 0.5) is 5.88 Å². The van der Waals surface area contributed by atoms with Gasteiger partial charge >= 0.3 is 5.97 Å². The van der Waals surface area contributed by atoms with Crippen molar-refractivity contribution in [2.45, 2.75) is 0 Å². The molecule has 0 unspecified atom stereocenters. The SMILES string of the molecule is COc1cc(C(=O)OCC(=O)N2CCN(c3oc(-c4ccco4)nc3C#N)CC2)cc2c1OCCO2. The van der Waals surface area contributed by atoms with E-state index in [-0.39, 0.29) is 23.1 Å². The van der Waals surface area contributed by atoms with Gasteiger partial charge in [0.15, 0.2) is 23.9 Å². The highest BCUT2D eigenvalue weighted by molar-refractivity contribution is 5.93. The third-order valence-electron chi connectivity index (χ3n) is 5.76. The molecule has 2 aromatic heterocycles. The van der Waals surface area contributed by atoms with Crippen molar-refractivity contribution < 1.29 is 37.4 Å². The Labute approximate surface area is 205 Å². The number of piperazine rings is 1. The molecule has 0 atom stereocenters. The molecular weight excluding hydrogens is 472 g/mol. The van der Waals surface area contributed by atoms with Crippen LogP contribution in [0.2, 0.25) is 0 Å². The summed E-state index contributed by atoms with van der Waals surface area (Å²) < 4.78 is 32.7. The molecule has 0 radical (unpaired) electrons. The quantitative estimate of drug-likeness (QED) is 0.465. The first-order chi connectivity index (χ1) is 17.6. The molecular formula is C24H22N4O8. The van der Waals surface area contributed by atoms with E-state index in [9.17, 15) is 14.9 Å². The Morgan fingerprint density at radius 3 is 2.69 bits per heavy atom. The van der Waals surface area contributed by atoms with E-state index in [0.29, 0.717) is 68.3 Å². The minimum absolute atomic E-state index is 0.143. The van der Waals surface area contributed by atoms with Crippen molar-refractivity contribution in [3.63, 3.8) is 0 Å². The lowest BCUT2D eigenvalue weighted by Gasteiger charge is -2.34. The van der Waals surface area contributed by atoms with E-state index in [1.165, 1.54) is 25.5 Å². The smallest absolute Gasteiger partial charge is 0.338 e. The molecule has 12 nitrogen and oxygen atoms in total. The predicted molar refractivity (Wildman–Crippen MR) is 122 cm³/mol. The number of methoxy groups -OCH3 is 1. The third kappa shape index (κ3) is 4.50. The van der Waals surface area contributed by atoms with E-state index in [0.717, 1.165) is 0 Å². The number of benzene rings is 1. The average molecular weight is 494 g/mol. The average Bonchev–Trinajstić information content (AvgIpc) is 3.61. The van der Waals surface area contributed by atoms with Gasteiger partial charge in [0.2, 0.25) is 17.3 Å². The first kappa shape index (κ1) is 23.1. The van der Waals surface area contributed by atoms with Gasteiger partial charge in [-0.1, -0.05) is 0 Å². The number of carbonyl (C=O) groups excluding carboxylic acids is 2. The van der Waals surface area contributed by atoms with Crippen LogP contribution in [0.25, 0.3) is 11.7 Å². The van der Waals surface area contributed by atoms with Gasteiger partial charge in [-0.05, 0) is 24.3 Å². The van der Waals surface area contributed by atoms with Crippen LogP contribution in [-0.4, -0.2) is 74.9 Å². The van der Waals surface area contributed by atoms with Crippen LogP contribution in [-0.2, 0) is 9.53 Å². The number of furan rings is 1. The van der Waals surface area contributed by atoms with Gasteiger partial charge in [0.1, 0.15) is 19.3 Å². The van der Waals surface area contributed by atoms with Crippen LogP contribution in [0.1, 0.15) is 16.1 Å². The van der Waals surface area contributed by atoms with Crippen LogP contribution in [0.15, 0.2) is 39.4 Å². The summed E-state index contributed by atoms with van der Waals surface area (Å²) in [6, 6.07) is 8.41. The fourth-order valence-corrected chi connectivity index (χ4v) is 3.96. The van der Waals surface area contributed by atoms with Crippen LogP contribution in [0.5, 0.6) is 17.2 Å². The number of esters is 1. The zero-order valence-electron chi connectivity index (χ0n) is 19.4. The van der Waals surface area contributed by atoms with E-state index >= 15 is 0 Å². The van der Waals surface area contributed by atoms with E-state index < -0.39 is 12.6 Å². The highest BCUT2D eigenvalue weighted by Crippen LogP contribution is 2.40. The summed E-state index contributed by atoms with van der Waals surface area (Å²) in [5.74, 6) is 1.11. The highest BCUT2D eigenvalue weighted by Gasteiger charge is 2.28. The molecule has 1 fully saturated rings. The minimum atomic E-state index is -0.678. The van der Waals surface area contributed by atoms with Crippen molar-refractivity contribution in [1.82, 2.24) is 9.88 Å². The number of nitriles is 1. The minimum Gasteiger partial charge on any atom is -0.493 e. The zero-order chi connectivity index (χ0) is 25.1. The molecule has 186 valence electrons. The second-order valence-electron chi connectivity index (χ2n) is 7.91. The van der Waals surface area contributed by atoms with E-state index in [4.69, 9.17) is 27.8 Å². The molecule has 0 saturated carbocycles. The summed E-state index contributed by atoms with van der Waals surface area (Å²) in [5.41, 5.74) is 0.334. The van der Waals surface area contributed by atoms with Gasteiger partial charge in [-0.2, -0.15) is 10.2 Å². The Morgan fingerprint density at radius 2 is 1.97 bits per heavy atom. The molecule has 0 N–H and O–H groups in total. The lowest BCUT2D eigenvalue weighted by molar-refractivity contribution is -0.134. The molecule has 0 bridgehead atoms. The maximum atomic E-state index is 12.7. The number of fused-ring (bicyclic) bond motifs is 1. The number of anilines is 1. The van der Waals surface area contributed by atoms with E-state index in [2.05, 4.69) is 4.98 Å². The number of carbonyl (C=O) groups is 2. The van der Waals surface area contributed by atoms with Crippen molar-refractivity contribution in [3.8, 4) is 35.0 Å². The number of hydrogen-bond donors (Lipinski definition) is 0. The number of rotatable bonds is 6. The molecule has 1 amide bonds. The van der Waals surface area contributed by atoms with Crippen molar-refractivity contribution >= 4 is 17.8 Å². The maximum absolute atomic E-state index is 12.7. The van der Waals surface area contributed by atoms with Crippen LogP contribution in [0, 0.1) is 11.3 Å². The van der Waals surface area contributed by atoms with Gasteiger partial charge in [0.05, 0.1) is 18.9 Å². The largest absolute Gasteiger partial charge is 0.493 e. The van der Waals surface area contributed by atoms with Crippen molar-refractivity contribution in [2.24, 2.45) is 0 Å². The van der Waals surface area contributed by atoms with Crippen LogP contribution < -0.4 is 19.1 Å². The molecule has 12 heteroatoms. The fourth-order valence-electron chi connectivity index (χ4n) is 3.96. The van der Waals surface area contributed by atoms with Crippen molar-refractivity contribution in [2.75, 3.05) is 58.0 Å². The summed E-state index contributed by atoms with van der Waals surface area (Å²) in [5, 5.41) is 9.45. The van der Waals surface area contributed by atoms with Crippen molar-refractivity contribution in [1.29, 1.82) is 5.26 Å². The maximum Gasteiger partial charge on any atom is 0.338 e. The third-order valence-corrected chi connectivity index (χ3v) is 5.76. The Hall–Kier alpha value is -4.66. The first-order valence-electron chi connectivity index (χ1n) is 11.2. The summed E-state index contributed by atoms with van der Waals surface area (Å²) in [4.78, 5) is 32.9. The summed E-state index contributed by atoms with van der Waals surface area (Å²) >= 11 is 0. The second-order valence-corrected chi connectivity index (χ2v) is 7.91. The molecule has 3 aromatic rings.